The number of methoxy groups -OCH3 is 3. The number of carbonyl (C=O) groups excluding carboxylic acids is 3. The van der Waals surface area contributed by atoms with E-state index in [0.717, 1.165) is 77.7 Å². The van der Waals surface area contributed by atoms with Gasteiger partial charge in [0.1, 0.15) is 23.1 Å². The molecule has 8 heteroatoms. The molecular formula is C37H50O8. The summed E-state index contributed by atoms with van der Waals surface area (Å²) in [5.74, 6) is -0.909. The normalized spacial score (nSPS) is 21.1. The van der Waals surface area contributed by atoms with Crippen molar-refractivity contribution >= 4 is 23.5 Å². The molecule has 2 aliphatic rings. The van der Waals surface area contributed by atoms with Gasteiger partial charge in [-0.05, 0) is 87.8 Å². The summed E-state index contributed by atoms with van der Waals surface area (Å²) in [4.78, 5) is 48.9. The topological polar surface area (TPSA) is 116 Å². The highest BCUT2D eigenvalue weighted by Gasteiger charge is 2.37. The minimum atomic E-state index is -0.842. The van der Waals surface area contributed by atoms with Crippen LogP contribution in [0.4, 0.5) is 0 Å². The number of aliphatic carboxylic acids is 1. The van der Waals surface area contributed by atoms with E-state index in [1.807, 2.05) is 45.9 Å². The van der Waals surface area contributed by atoms with E-state index in [0.29, 0.717) is 25.0 Å². The Balaban J connectivity index is 0.000000246. The molecule has 2 aliphatic carbocycles. The fraction of sp³-hybridized carbons (Fsp3) is 0.568. The number of ether oxygens (including phenoxy) is 3. The first-order chi connectivity index (χ1) is 21.4. The van der Waals surface area contributed by atoms with Crippen LogP contribution in [0.1, 0.15) is 84.7 Å². The largest absolute Gasteiger partial charge is 0.496 e. The summed E-state index contributed by atoms with van der Waals surface area (Å²) in [6.45, 7) is 7.96. The summed E-state index contributed by atoms with van der Waals surface area (Å²) in [5, 5.41) is 9.34. The van der Waals surface area contributed by atoms with Gasteiger partial charge in [0, 0.05) is 35.8 Å². The molecule has 4 atom stereocenters. The number of hydrogen-bond acceptors (Lipinski definition) is 7. The van der Waals surface area contributed by atoms with Crippen molar-refractivity contribution in [2.24, 2.45) is 23.7 Å². The summed E-state index contributed by atoms with van der Waals surface area (Å²) in [6, 6.07) is 7.96. The number of esters is 1. The van der Waals surface area contributed by atoms with E-state index < -0.39 is 11.9 Å². The number of ketones is 2. The lowest BCUT2D eigenvalue weighted by atomic mass is 9.75. The molecule has 0 saturated heterocycles. The molecule has 246 valence electrons. The monoisotopic (exact) mass is 622 g/mol. The predicted molar refractivity (Wildman–Crippen MR) is 173 cm³/mol. The van der Waals surface area contributed by atoms with Gasteiger partial charge in [0.25, 0.3) is 0 Å². The predicted octanol–water partition coefficient (Wildman–Crippen LogP) is 6.72. The van der Waals surface area contributed by atoms with Crippen molar-refractivity contribution < 1.29 is 38.5 Å². The van der Waals surface area contributed by atoms with Gasteiger partial charge in [-0.25, -0.2) is 0 Å². The van der Waals surface area contributed by atoms with Crippen molar-refractivity contribution in [1.82, 2.24) is 0 Å². The molecular weight excluding hydrogens is 572 g/mol. The maximum atomic E-state index is 12.8. The molecule has 2 saturated carbocycles. The SMILES string of the molecule is COC(=O)C1CCCCC1C(=O)Cc1c(C)cc(C)cc1OC.COc1cc(C)cc(C)c1CC(=O)C1CCCCC1C(=O)O. The number of rotatable bonds is 10. The van der Waals surface area contributed by atoms with Crippen LogP contribution < -0.4 is 9.47 Å². The van der Waals surface area contributed by atoms with Crippen LogP contribution in [-0.2, 0) is 36.8 Å². The van der Waals surface area contributed by atoms with Gasteiger partial charge in [-0.1, -0.05) is 37.8 Å². The standard InChI is InChI=1S/C19H26O4.C18H24O4/c1-12-9-13(2)16(18(10-12)22-3)11-17(20)14-7-5-6-8-15(14)19(21)23-4;1-11-8-12(2)15(17(9-11)22-3)10-16(19)13-6-4-5-7-14(13)18(20)21/h9-10,14-15H,5-8,11H2,1-4H3;8-9,13-14H,4-7,10H2,1-3H3,(H,20,21). The third-order valence-corrected chi connectivity index (χ3v) is 9.47. The van der Waals surface area contributed by atoms with E-state index in [1.165, 1.54) is 7.11 Å². The van der Waals surface area contributed by atoms with Crippen molar-refractivity contribution in [3.05, 3.63) is 57.6 Å². The number of carboxylic acid groups (broad SMARTS) is 1. The Morgan fingerprint density at radius 3 is 1.38 bits per heavy atom. The summed E-state index contributed by atoms with van der Waals surface area (Å²) < 4.78 is 15.7. The number of carbonyl (C=O) groups is 4. The molecule has 4 rings (SSSR count). The highest BCUT2D eigenvalue weighted by atomic mass is 16.5. The number of carboxylic acids is 1. The Bertz CT molecular complexity index is 1380. The van der Waals surface area contributed by atoms with E-state index >= 15 is 0 Å². The summed E-state index contributed by atoms with van der Waals surface area (Å²) in [7, 11) is 4.62. The van der Waals surface area contributed by atoms with Crippen molar-refractivity contribution in [2.75, 3.05) is 21.3 Å². The molecule has 0 aliphatic heterocycles. The number of benzene rings is 2. The van der Waals surface area contributed by atoms with Crippen LogP contribution >= 0.6 is 0 Å². The Kier molecular flexibility index (Phi) is 13.2. The van der Waals surface area contributed by atoms with Crippen LogP contribution in [0.3, 0.4) is 0 Å². The smallest absolute Gasteiger partial charge is 0.309 e. The molecule has 1 N–H and O–H groups in total. The van der Waals surface area contributed by atoms with E-state index in [1.54, 1.807) is 14.2 Å². The molecule has 2 aromatic rings. The summed E-state index contributed by atoms with van der Waals surface area (Å²) in [6.07, 6.45) is 7.18. The highest BCUT2D eigenvalue weighted by molar-refractivity contribution is 5.89. The molecule has 0 radical (unpaired) electrons. The van der Waals surface area contributed by atoms with Crippen LogP contribution in [0.5, 0.6) is 11.5 Å². The van der Waals surface area contributed by atoms with Crippen molar-refractivity contribution in [2.45, 2.75) is 91.9 Å². The van der Waals surface area contributed by atoms with Gasteiger partial charge in [0.2, 0.25) is 0 Å². The highest BCUT2D eigenvalue weighted by Crippen LogP contribution is 2.35. The molecule has 8 nitrogen and oxygen atoms in total. The molecule has 0 amide bonds. The van der Waals surface area contributed by atoms with Crippen molar-refractivity contribution in [1.29, 1.82) is 0 Å². The molecule has 0 bridgehead atoms. The van der Waals surface area contributed by atoms with Crippen LogP contribution in [-0.4, -0.2) is 49.9 Å². The fourth-order valence-electron chi connectivity index (χ4n) is 7.11. The molecule has 2 fully saturated rings. The lowest BCUT2D eigenvalue weighted by Crippen LogP contribution is -2.34. The van der Waals surface area contributed by atoms with Crippen LogP contribution in [0.2, 0.25) is 0 Å². The van der Waals surface area contributed by atoms with Gasteiger partial charge in [0.15, 0.2) is 0 Å². The Morgan fingerprint density at radius 2 is 1.00 bits per heavy atom. The van der Waals surface area contributed by atoms with E-state index in [-0.39, 0.29) is 41.7 Å². The minimum absolute atomic E-state index is 0.0253. The Morgan fingerprint density at radius 1 is 0.622 bits per heavy atom. The third-order valence-electron chi connectivity index (χ3n) is 9.47. The molecule has 0 aromatic heterocycles. The Labute approximate surface area is 267 Å². The maximum absolute atomic E-state index is 12.8. The van der Waals surface area contributed by atoms with Gasteiger partial charge in [0.05, 0.1) is 33.2 Å². The van der Waals surface area contributed by atoms with Gasteiger partial charge in [-0.15, -0.1) is 0 Å². The van der Waals surface area contributed by atoms with Gasteiger partial charge in [-0.3, -0.25) is 19.2 Å². The average Bonchev–Trinajstić information content (AvgIpc) is 3.02. The molecule has 2 aromatic carbocycles. The average molecular weight is 623 g/mol. The quantitative estimate of drug-likeness (QED) is 0.291. The second-order valence-corrected chi connectivity index (χ2v) is 12.7. The molecule has 45 heavy (non-hydrogen) atoms. The van der Waals surface area contributed by atoms with Gasteiger partial charge >= 0.3 is 11.9 Å². The number of Topliss-reactive ketones (excluding diaryl/α,β-unsaturated/α-hetero) is 2. The maximum Gasteiger partial charge on any atom is 0.309 e. The first-order valence-corrected chi connectivity index (χ1v) is 16.1. The fourth-order valence-corrected chi connectivity index (χ4v) is 7.11. The number of aryl methyl sites for hydroxylation is 4. The van der Waals surface area contributed by atoms with Crippen LogP contribution in [0, 0.1) is 51.4 Å². The number of hydrogen-bond donors (Lipinski definition) is 1. The third kappa shape index (κ3) is 9.18. The first-order valence-electron chi connectivity index (χ1n) is 16.1. The van der Waals surface area contributed by atoms with Crippen molar-refractivity contribution in [3.8, 4) is 11.5 Å². The molecule has 0 spiro atoms. The minimum Gasteiger partial charge on any atom is -0.496 e. The zero-order chi connectivity index (χ0) is 33.3. The van der Waals surface area contributed by atoms with E-state index in [9.17, 15) is 24.3 Å². The second-order valence-electron chi connectivity index (χ2n) is 12.7. The van der Waals surface area contributed by atoms with E-state index in [4.69, 9.17) is 14.2 Å². The second kappa shape index (κ2) is 16.6. The Hall–Kier alpha value is -3.68. The lowest BCUT2D eigenvalue weighted by Gasteiger charge is -2.28. The zero-order valence-electron chi connectivity index (χ0n) is 28.0. The van der Waals surface area contributed by atoms with Gasteiger partial charge < -0.3 is 19.3 Å². The first kappa shape index (κ1) is 35.8. The summed E-state index contributed by atoms with van der Waals surface area (Å²) in [5.41, 5.74) is 6.09. The molecule has 4 unspecified atom stereocenters. The van der Waals surface area contributed by atoms with Crippen molar-refractivity contribution in [3.63, 3.8) is 0 Å². The van der Waals surface area contributed by atoms with Gasteiger partial charge in [-0.2, -0.15) is 0 Å². The van der Waals surface area contributed by atoms with E-state index in [2.05, 4.69) is 6.07 Å². The zero-order valence-corrected chi connectivity index (χ0v) is 28.0. The van der Waals surface area contributed by atoms with Crippen LogP contribution in [0.25, 0.3) is 0 Å². The summed E-state index contributed by atoms with van der Waals surface area (Å²) >= 11 is 0. The lowest BCUT2D eigenvalue weighted by molar-refractivity contribution is -0.151. The van der Waals surface area contributed by atoms with Crippen LogP contribution in [0.15, 0.2) is 24.3 Å². The molecule has 0 heterocycles.